The van der Waals surface area contributed by atoms with Gasteiger partial charge in [-0.1, -0.05) is 49.4 Å². The second-order valence-corrected chi connectivity index (χ2v) is 6.44. The fourth-order valence-electron chi connectivity index (χ4n) is 2.22. The molecule has 4 heteroatoms. The number of ether oxygens (including phenoxy) is 2. The molecule has 0 fully saturated rings. The van der Waals surface area contributed by atoms with Gasteiger partial charge in [0.25, 0.3) is 0 Å². The first-order chi connectivity index (χ1) is 11.9. The van der Waals surface area contributed by atoms with E-state index in [-0.39, 0.29) is 19.2 Å². The van der Waals surface area contributed by atoms with E-state index in [0.717, 1.165) is 16.3 Å². The molecular formula is C21H24O4. The topological polar surface area (TPSA) is 52.6 Å². The highest BCUT2D eigenvalue weighted by Crippen LogP contribution is 2.21. The largest absolute Gasteiger partial charge is 0.462 e. The molecule has 0 amide bonds. The summed E-state index contributed by atoms with van der Waals surface area (Å²) in [7, 11) is 0. The zero-order valence-electron chi connectivity index (χ0n) is 15.0. The van der Waals surface area contributed by atoms with Crippen LogP contribution >= 0.6 is 0 Å². The number of esters is 2. The van der Waals surface area contributed by atoms with Crippen molar-refractivity contribution >= 4 is 28.8 Å². The molecule has 2 aromatic carbocycles. The molecule has 2 aromatic rings. The van der Waals surface area contributed by atoms with E-state index in [2.05, 4.69) is 0 Å². The average Bonchev–Trinajstić information content (AvgIpc) is 2.63. The van der Waals surface area contributed by atoms with Crippen LogP contribution in [-0.4, -0.2) is 25.2 Å². The van der Waals surface area contributed by atoms with Crippen LogP contribution in [0, 0.1) is 5.41 Å². The fourth-order valence-corrected chi connectivity index (χ4v) is 2.22. The zero-order chi connectivity index (χ0) is 18.3. The lowest BCUT2D eigenvalue weighted by molar-refractivity contribution is -0.157. The van der Waals surface area contributed by atoms with E-state index in [1.54, 1.807) is 6.08 Å². The van der Waals surface area contributed by atoms with E-state index in [1.165, 1.54) is 6.08 Å². The van der Waals surface area contributed by atoms with E-state index in [9.17, 15) is 9.59 Å². The van der Waals surface area contributed by atoms with E-state index in [4.69, 9.17) is 9.47 Å². The Balaban J connectivity index is 1.84. The van der Waals surface area contributed by atoms with Gasteiger partial charge in [-0.3, -0.25) is 4.79 Å². The van der Waals surface area contributed by atoms with Gasteiger partial charge in [0.15, 0.2) is 0 Å². The molecule has 0 saturated heterocycles. The molecule has 0 spiro atoms. The molecule has 25 heavy (non-hydrogen) atoms. The van der Waals surface area contributed by atoms with Gasteiger partial charge >= 0.3 is 11.9 Å². The minimum absolute atomic E-state index is 0.0459. The molecule has 2 rings (SSSR count). The zero-order valence-corrected chi connectivity index (χ0v) is 15.0. The van der Waals surface area contributed by atoms with Gasteiger partial charge in [0, 0.05) is 6.08 Å². The lowest BCUT2D eigenvalue weighted by Crippen LogP contribution is -2.27. The van der Waals surface area contributed by atoms with Gasteiger partial charge in [0.2, 0.25) is 0 Å². The predicted molar refractivity (Wildman–Crippen MR) is 99.0 cm³/mol. The quantitative estimate of drug-likeness (QED) is 0.426. The Hall–Kier alpha value is -2.62. The van der Waals surface area contributed by atoms with Gasteiger partial charge in [0.05, 0.1) is 5.41 Å². The smallest absolute Gasteiger partial charge is 0.330 e. The molecule has 4 nitrogen and oxygen atoms in total. The van der Waals surface area contributed by atoms with Crippen molar-refractivity contribution in [3.63, 3.8) is 0 Å². The first kappa shape index (κ1) is 18.7. The van der Waals surface area contributed by atoms with Crippen molar-refractivity contribution in [1.82, 2.24) is 0 Å². The molecule has 0 aliphatic carbocycles. The minimum Gasteiger partial charge on any atom is -0.462 e. The predicted octanol–water partition coefficient (Wildman–Crippen LogP) is 4.38. The van der Waals surface area contributed by atoms with Gasteiger partial charge in [-0.25, -0.2) is 4.79 Å². The summed E-state index contributed by atoms with van der Waals surface area (Å²) in [5, 5.41) is 2.19. The van der Waals surface area contributed by atoms with Gasteiger partial charge in [0.1, 0.15) is 13.2 Å². The SMILES string of the molecule is CCC(C)(C)C(=O)OCCOC(=O)/C=C/c1cccc2ccccc12. The Morgan fingerprint density at radius 3 is 2.44 bits per heavy atom. The van der Waals surface area contributed by atoms with Crippen LogP contribution < -0.4 is 0 Å². The highest BCUT2D eigenvalue weighted by Gasteiger charge is 2.26. The van der Waals surface area contributed by atoms with Crippen LogP contribution in [0.4, 0.5) is 0 Å². The fraction of sp³-hybridized carbons (Fsp3) is 0.333. The maximum Gasteiger partial charge on any atom is 0.330 e. The van der Waals surface area contributed by atoms with Crippen molar-refractivity contribution in [3.05, 3.63) is 54.1 Å². The summed E-state index contributed by atoms with van der Waals surface area (Å²) in [6.45, 7) is 5.70. The number of hydrogen-bond donors (Lipinski definition) is 0. The summed E-state index contributed by atoms with van der Waals surface area (Å²) < 4.78 is 10.2. The molecule has 0 atom stereocenters. The highest BCUT2D eigenvalue weighted by molar-refractivity contribution is 5.94. The lowest BCUT2D eigenvalue weighted by atomic mass is 9.91. The first-order valence-corrected chi connectivity index (χ1v) is 8.44. The standard InChI is InChI=1S/C21H24O4/c1-4-21(2,3)20(23)25-15-14-24-19(22)13-12-17-10-7-9-16-8-5-6-11-18(16)17/h5-13H,4,14-15H2,1-3H3/b13-12+. The Morgan fingerprint density at radius 1 is 1.00 bits per heavy atom. The molecule has 0 aliphatic heterocycles. The molecule has 0 unspecified atom stereocenters. The molecular weight excluding hydrogens is 316 g/mol. The van der Waals surface area contributed by atoms with Gasteiger partial charge in [-0.05, 0) is 42.7 Å². The summed E-state index contributed by atoms with van der Waals surface area (Å²) in [5.74, 6) is -0.740. The van der Waals surface area contributed by atoms with Crippen molar-refractivity contribution in [2.75, 3.05) is 13.2 Å². The lowest BCUT2D eigenvalue weighted by Gasteiger charge is -2.20. The monoisotopic (exact) mass is 340 g/mol. The number of hydrogen-bond acceptors (Lipinski definition) is 4. The van der Waals surface area contributed by atoms with E-state index in [0.29, 0.717) is 6.42 Å². The molecule has 132 valence electrons. The normalized spacial score (nSPS) is 11.6. The maximum atomic E-state index is 11.8. The summed E-state index contributed by atoms with van der Waals surface area (Å²) >= 11 is 0. The molecule has 0 radical (unpaired) electrons. The number of benzene rings is 2. The summed E-state index contributed by atoms with van der Waals surface area (Å²) in [6, 6.07) is 13.9. The van der Waals surface area contributed by atoms with Gasteiger partial charge in [-0.2, -0.15) is 0 Å². The Kier molecular flexibility index (Phi) is 6.34. The van der Waals surface area contributed by atoms with Crippen LogP contribution in [0.5, 0.6) is 0 Å². The van der Waals surface area contributed by atoms with Crippen molar-refractivity contribution in [3.8, 4) is 0 Å². The third-order valence-electron chi connectivity index (χ3n) is 4.22. The Morgan fingerprint density at radius 2 is 1.68 bits per heavy atom. The number of carbonyl (C=O) groups excluding carboxylic acids is 2. The third-order valence-corrected chi connectivity index (χ3v) is 4.22. The molecule has 0 saturated carbocycles. The van der Waals surface area contributed by atoms with Gasteiger partial charge < -0.3 is 9.47 Å². The van der Waals surface area contributed by atoms with Crippen LogP contribution in [0.3, 0.4) is 0 Å². The van der Waals surface area contributed by atoms with Crippen molar-refractivity contribution < 1.29 is 19.1 Å². The Bertz CT molecular complexity index is 769. The first-order valence-electron chi connectivity index (χ1n) is 8.44. The third kappa shape index (κ3) is 5.18. The second kappa shape index (κ2) is 8.47. The van der Waals surface area contributed by atoms with Crippen LogP contribution in [0.2, 0.25) is 0 Å². The number of carbonyl (C=O) groups is 2. The van der Waals surface area contributed by atoms with Crippen molar-refractivity contribution in [2.45, 2.75) is 27.2 Å². The average molecular weight is 340 g/mol. The van der Waals surface area contributed by atoms with Crippen LogP contribution in [0.15, 0.2) is 48.5 Å². The maximum absolute atomic E-state index is 11.8. The number of rotatable bonds is 7. The second-order valence-electron chi connectivity index (χ2n) is 6.44. The van der Waals surface area contributed by atoms with Crippen LogP contribution in [0.25, 0.3) is 16.8 Å². The summed E-state index contributed by atoms with van der Waals surface area (Å²) in [5.41, 5.74) is 0.435. The molecule has 0 heterocycles. The van der Waals surface area contributed by atoms with Crippen molar-refractivity contribution in [1.29, 1.82) is 0 Å². The number of fused-ring (bicyclic) bond motifs is 1. The molecule has 0 bridgehead atoms. The molecule has 0 N–H and O–H groups in total. The highest BCUT2D eigenvalue weighted by atomic mass is 16.6. The summed E-state index contributed by atoms with van der Waals surface area (Å²) in [6.07, 6.45) is 3.82. The van der Waals surface area contributed by atoms with Gasteiger partial charge in [-0.15, -0.1) is 0 Å². The van der Waals surface area contributed by atoms with Crippen molar-refractivity contribution in [2.24, 2.45) is 5.41 Å². The van der Waals surface area contributed by atoms with Crippen LogP contribution in [-0.2, 0) is 19.1 Å². The Labute approximate surface area is 148 Å². The molecule has 0 aromatic heterocycles. The summed E-state index contributed by atoms with van der Waals surface area (Å²) in [4.78, 5) is 23.6. The van der Waals surface area contributed by atoms with E-state index >= 15 is 0 Å². The van der Waals surface area contributed by atoms with E-state index < -0.39 is 11.4 Å². The van der Waals surface area contributed by atoms with Crippen LogP contribution in [0.1, 0.15) is 32.8 Å². The molecule has 0 aliphatic rings. The van der Waals surface area contributed by atoms with E-state index in [1.807, 2.05) is 63.2 Å². The minimum atomic E-state index is -0.516.